The van der Waals surface area contributed by atoms with Crippen molar-refractivity contribution >= 4 is 12.0 Å². The van der Waals surface area contributed by atoms with E-state index >= 15 is 0 Å². The number of ether oxygens (including phenoxy) is 2. The standard InChI is InChI=1S/C27H39N5O4/c1-4-23(33)19-35-25-14-28-26(29-15-25)31-16-20(2)32(21(3)17-31)27(34)36-24-10-12-30(13-11-24)18-22-8-6-5-7-9-22/h5-9,14-15,20-21,23-24,33H,4,10-13,16-19H2,1-3H3/t20-,21+,23-/m1/s1. The van der Waals surface area contributed by atoms with Gasteiger partial charge in [-0.2, -0.15) is 0 Å². The van der Waals surface area contributed by atoms with E-state index in [1.807, 2.05) is 31.7 Å². The highest BCUT2D eigenvalue weighted by Gasteiger charge is 2.36. The van der Waals surface area contributed by atoms with Crippen LogP contribution in [0.3, 0.4) is 0 Å². The second-order valence-corrected chi connectivity index (χ2v) is 9.95. The number of nitrogens with zero attached hydrogens (tertiary/aromatic N) is 5. The lowest BCUT2D eigenvalue weighted by molar-refractivity contribution is 0.00995. The molecule has 36 heavy (non-hydrogen) atoms. The Kier molecular flexibility index (Phi) is 8.98. The lowest BCUT2D eigenvalue weighted by Gasteiger charge is -2.44. The van der Waals surface area contributed by atoms with Crippen molar-refractivity contribution in [3.8, 4) is 5.75 Å². The summed E-state index contributed by atoms with van der Waals surface area (Å²) in [5, 5.41) is 9.66. The van der Waals surface area contributed by atoms with Crippen molar-refractivity contribution in [3.05, 3.63) is 48.3 Å². The van der Waals surface area contributed by atoms with E-state index in [-0.39, 0.29) is 30.9 Å². The SMILES string of the molecule is CC[C@@H](O)COc1cnc(N2C[C@@H](C)N(C(=O)OC3CCN(Cc4ccccc4)CC3)[C@@H](C)C2)nc1. The first-order chi connectivity index (χ1) is 17.4. The number of rotatable bonds is 8. The molecule has 9 heteroatoms. The minimum Gasteiger partial charge on any atom is -0.488 e. The zero-order valence-corrected chi connectivity index (χ0v) is 21.6. The molecule has 2 aliphatic rings. The Morgan fingerprint density at radius 2 is 1.72 bits per heavy atom. The van der Waals surface area contributed by atoms with Crippen LogP contribution in [-0.2, 0) is 11.3 Å². The van der Waals surface area contributed by atoms with Crippen molar-refractivity contribution < 1.29 is 19.4 Å². The van der Waals surface area contributed by atoms with Crippen LogP contribution in [0, 0.1) is 0 Å². The molecule has 0 saturated carbocycles. The minimum atomic E-state index is -0.499. The summed E-state index contributed by atoms with van der Waals surface area (Å²) < 4.78 is 11.5. The molecule has 0 spiro atoms. The number of aliphatic hydroxyl groups excluding tert-OH is 1. The van der Waals surface area contributed by atoms with Crippen molar-refractivity contribution in [1.82, 2.24) is 19.8 Å². The van der Waals surface area contributed by atoms with Gasteiger partial charge in [0.25, 0.3) is 0 Å². The average Bonchev–Trinajstić information content (AvgIpc) is 2.89. The molecular weight excluding hydrogens is 458 g/mol. The number of likely N-dealkylation sites (tertiary alicyclic amines) is 1. The predicted molar refractivity (Wildman–Crippen MR) is 138 cm³/mol. The number of piperazine rings is 1. The van der Waals surface area contributed by atoms with Gasteiger partial charge in [0.2, 0.25) is 5.95 Å². The monoisotopic (exact) mass is 497 g/mol. The van der Waals surface area contributed by atoms with Crippen molar-refractivity contribution in [2.75, 3.05) is 37.7 Å². The predicted octanol–water partition coefficient (Wildman–Crippen LogP) is 3.33. The molecule has 3 heterocycles. The Morgan fingerprint density at radius 1 is 1.08 bits per heavy atom. The number of benzene rings is 1. The summed E-state index contributed by atoms with van der Waals surface area (Å²) >= 11 is 0. The third kappa shape index (κ3) is 6.85. The molecule has 0 bridgehead atoms. The van der Waals surface area contributed by atoms with Gasteiger partial charge >= 0.3 is 6.09 Å². The van der Waals surface area contributed by atoms with Crippen LogP contribution in [0.2, 0.25) is 0 Å². The van der Waals surface area contributed by atoms with E-state index < -0.39 is 6.10 Å². The first-order valence-corrected chi connectivity index (χ1v) is 13.1. The van der Waals surface area contributed by atoms with Crippen molar-refractivity contribution in [3.63, 3.8) is 0 Å². The second-order valence-electron chi connectivity index (χ2n) is 9.95. The van der Waals surface area contributed by atoms with Crippen molar-refractivity contribution in [1.29, 1.82) is 0 Å². The number of hydrogen-bond acceptors (Lipinski definition) is 8. The van der Waals surface area contributed by atoms with Crippen LogP contribution in [0.15, 0.2) is 42.7 Å². The number of piperidine rings is 1. The number of amides is 1. The summed E-state index contributed by atoms with van der Waals surface area (Å²) in [6.45, 7) is 10.3. The first-order valence-electron chi connectivity index (χ1n) is 13.1. The molecule has 0 aliphatic carbocycles. The van der Waals surface area contributed by atoms with Crippen LogP contribution in [0.5, 0.6) is 5.75 Å². The van der Waals surface area contributed by atoms with Gasteiger partial charge in [0, 0.05) is 32.7 Å². The largest absolute Gasteiger partial charge is 0.488 e. The fourth-order valence-corrected chi connectivity index (χ4v) is 4.93. The first kappa shape index (κ1) is 26.2. The van der Waals surface area contributed by atoms with Gasteiger partial charge < -0.3 is 19.5 Å². The molecule has 9 nitrogen and oxygen atoms in total. The molecule has 4 rings (SSSR count). The normalized spacial score (nSPS) is 22.3. The van der Waals surface area contributed by atoms with Gasteiger partial charge in [0.1, 0.15) is 12.7 Å². The Hall–Kier alpha value is -2.91. The average molecular weight is 498 g/mol. The Labute approximate surface area is 214 Å². The fourth-order valence-electron chi connectivity index (χ4n) is 4.93. The van der Waals surface area contributed by atoms with Crippen LogP contribution in [0.1, 0.15) is 45.6 Å². The summed E-state index contributed by atoms with van der Waals surface area (Å²) in [5.41, 5.74) is 1.31. The van der Waals surface area contributed by atoms with Crippen LogP contribution >= 0.6 is 0 Å². The number of hydrogen-bond donors (Lipinski definition) is 1. The molecule has 0 unspecified atom stereocenters. The highest BCUT2D eigenvalue weighted by atomic mass is 16.6. The van der Waals surface area contributed by atoms with E-state index in [1.54, 1.807) is 12.4 Å². The van der Waals surface area contributed by atoms with Gasteiger partial charge in [-0.3, -0.25) is 9.80 Å². The van der Waals surface area contributed by atoms with E-state index in [0.717, 1.165) is 32.5 Å². The molecule has 1 amide bonds. The Balaban J connectivity index is 1.24. The van der Waals surface area contributed by atoms with Crippen LogP contribution in [0.25, 0.3) is 0 Å². The summed E-state index contributed by atoms with van der Waals surface area (Å²) in [6, 6.07) is 10.4. The summed E-state index contributed by atoms with van der Waals surface area (Å²) in [5.74, 6) is 1.14. The number of carbonyl (C=O) groups excluding carboxylic acids is 1. The Morgan fingerprint density at radius 3 is 2.33 bits per heavy atom. The molecule has 3 atom stereocenters. The maximum absolute atomic E-state index is 13.1. The third-order valence-electron chi connectivity index (χ3n) is 6.99. The fraction of sp³-hybridized carbons (Fsp3) is 0.593. The summed E-state index contributed by atoms with van der Waals surface area (Å²) in [7, 11) is 0. The van der Waals surface area contributed by atoms with E-state index in [2.05, 4.69) is 44.0 Å². The van der Waals surface area contributed by atoms with Gasteiger partial charge in [0.15, 0.2) is 5.75 Å². The summed E-state index contributed by atoms with van der Waals surface area (Å²) in [4.78, 5) is 28.4. The summed E-state index contributed by atoms with van der Waals surface area (Å²) in [6.07, 6.45) is 4.85. The van der Waals surface area contributed by atoms with Crippen LogP contribution < -0.4 is 9.64 Å². The number of anilines is 1. The molecule has 2 aliphatic heterocycles. The zero-order valence-electron chi connectivity index (χ0n) is 21.6. The number of aromatic nitrogens is 2. The molecule has 0 radical (unpaired) electrons. The maximum atomic E-state index is 13.1. The van der Waals surface area contributed by atoms with Crippen molar-refractivity contribution in [2.45, 2.75) is 70.9 Å². The van der Waals surface area contributed by atoms with Crippen LogP contribution in [0.4, 0.5) is 10.7 Å². The minimum absolute atomic E-state index is 0.0290. The second kappa shape index (κ2) is 12.4. The molecule has 1 aromatic heterocycles. The van der Waals surface area contributed by atoms with E-state index in [9.17, 15) is 9.90 Å². The molecule has 196 valence electrons. The molecule has 2 aromatic rings. The topological polar surface area (TPSA) is 91.3 Å². The molecule has 2 saturated heterocycles. The van der Waals surface area contributed by atoms with Crippen molar-refractivity contribution in [2.24, 2.45) is 0 Å². The van der Waals surface area contributed by atoms with Gasteiger partial charge in [-0.15, -0.1) is 0 Å². The van der Waals surface area contributed by atoms with E-state index in [1.165, 1.54) is 5.56 Å². The van der Waals surface area contributed by atoms with Gasteiger partial charge in [-0.25, -0.2) is 14.8 Å². The zero-order chi connectivity index (χ0) is 25.5. The maximum Gasteiger partial charge on any atom is 0.410 e. The quantitative estimate of drug-likeness (QED) is 0.594. The highest BCUT2D eigenvalue weighted by Crippen LogP contribution is 2.24. The van der Waals surface area contributed by atoms with Crippen LogP contribution in [-0.4, -0.2) is 88.0 Å². The van der Waals surface area contributed by atoms with Gasteiger partial charge in [0.05, 0.1) is 30.6 Å². The molecule has 2 fully saturated rings. The number of aliphatic hydroxyl groups is 1. The smallest absolute Gasteiger partial charge is 0.410 e. The van der Waals surface area contributed by atoms with Gasteiger partial charge in [-0.05, 0) is 38.7 Å². The molecule has 1 aromatic carbocycles. The highest BCUT2D eigenvalue weighted by molar-refractivity contribution is 5.69. The Bertz CT molecular complexity index is 940. The lowest BCUT2D eigenvalue weighted by Crippen LogP contribution is -2.59. The molecular formula is C27H39N5O4. The molecule has 1 N–H and O–H groups in total. The van der Waals surface area contributed by atoms with E-state index in [0.29, 0.717) is 31.2 Å². The van der Waals surface area contributed by atoms with Gasteiger partial charge in [-0.1, -0.05) is 37.3 Å². The van der Waals surface area contributed by atoms with E-state index in [4.69, 9.17) is 9.47 Å². The lowest BCUT2D eigenvalue weighted by atomic mass is 10.1. The number of carbonyl (C=O) groups is 1. The third-order valence-corrected chi connectivity index (χ3v) is 6.99.